The van der Waals surface area contributed by atoms with E-state index >= 15 is 0 Å². The van der Waals surface area contributed by atoms with Gasteiger partial charge in [-0.2, -0.15) is 4.98 Å². The number of amides is 1. The largest absolute Gasteiger partial charge is 0.471 e. The van der Waals surface area contributed by atoms with E-state index in [4.69, 9.17) is 4.74 Å². The van der Waals surface area contributed by atoms with Gasteiger partial charge in [-0.05, 0) is 48.6 Å². The molecule has 2 aromatic carbocycles. The Morgan fingerprint density at radius 1 is 1.00 bits per heavy atom. The number of carbonyl (C=O) groups is 1. The number of hydrogen-bond acceptors (Lipinski definition) is 7. The number of anilines is 1. The molecule has 1 amide bonds. The summed E-state index contributed by atoms with van der Waals surface area (Å²) in [6.45, 7) is 13.5. The minimum absolute atomic E-state index is 0.0307. The van der Waals surface area contributed by atoms with Crippen molar-refractivity contribution in [2.45, 2.75) is 45.6 Å². The van der Waals surface area contributed by atoms with Gasteiger partial charge in [-0.15, -0.1) is 0 Å². The van der Waals surface area contributed by atoms with Crippen LogP contribution in [0.4, 0.5) is 5.95 Å². The zero-order valence-corrected chi connectivity index (χ0v) is 23.9. The minimum atomic E-state index is -4.07. The van der Waals surface area contributed by atoms with Crippen molar-refractivity contribution in [2.24, 2.45) is 5.41 Å². The van der Waals surface area contributed by atoms with Crippen LogP contribution < -0.4 is 9.46 Å². The average molecular weight is 550 g/mol. The molecule has 1 aromatic heterocycles. The zero-order valence-electron chi connectivity index (χ0n) is 23.1. The molecule has 10 heteroatoms. The van der Waals surface area contributed by atoms with E-state index < -0.39 is 10.0 Å². The molecule has 39 heavy (non-hydrogen) atoms. The third kappa shape index (κ3) is 6.07. The van der Waals surface area contributed by atoms with E-state index in [1.165, 1.54) is 12.1 Å². The summed E-state index contributed by atoms with van der Waals surface area (Å²) in [4.78, 5) is 26.7. The van der Waals surface area contributed by atoms with Crippen LogP contribution in [0.5, 0.6) is 5.88 Å². The van der Waals surface area contributed by atoms with Crippen LogP contribution in [0.2, 0.25) is 0 Å². The summed E-state index contributed by atoms with van der Waals surface area (Å²) in [6.07, 6.45) is -0.382. The van der Waals surface area contributed by atoms with Gasteiger partial charge in [-0.25, -0.2) is 18.1 Å². The smallest absolute Gasteiger partial charge is 0.264 e. The van der Waals surface area contributed by atoms with Gasteiger partial charge < -0.3 is 9.64 Å². The topological polar surface area (TPSA) is 105 Å². The number of carbonyl (C=O) groups excluding carboxylic acids is 1. The van der Waals surface area contributed by atoms with Crippen LogP contribution in [0.15, 0.2) is 53.4 Å². The number of ether oxygens (including phenoxy) is 1. The number of aromatic nitrogens is 2. The van der Waals surface area contributed by atoms with Crippen molar-refractivity contribution in [3.05, 3.63) is 65.2 Å². The quantitative estimate of drug-likeness (QED) is 0.513. The second-order valence-corrected chi connectivity index (χ2v) is 13.3. The van der Waals surface area contributed by atoms with E-state index in [2.05, 4.69) is 40.4 Å². The lowest BCUT2D eigenvalue weighted by atomic mass is 9.96. The highest BCUT2D eigenvalue weighted by Crippen LogP contribution is 2.30. The maximum absolute atomic E-state index is 13.6. The standard InChI is InChI=1S/C29H35N5O4S/c1-19-8-6-9-20(2)26(19)24-15-25-31-28(30-24)32-39(36,37)23-11-7-10-21(14-23)27(35)34-13-12-33(18-29(3,4)5)16-22(17-34)38-25/h6-11,14-15,22H,12-13,16-18H2,1-5H3,(H,30,31,32)/t22-/m1/s1. The molecule has 206 valence electrons. The highest BCUT2D eigenvalue weighted by Gasteiger charge is 2.31. The Hall–Kier alpha value is -3.50. The van der Waals surface area contributed by atoms with E-state index in [0.717, 1.165) is 23.2 Å². The first kappa shape index (κ1) is 27.1. The molecule has 3 aromatic rings. The Labute approximate surface area is 230 Å². The molecule has 0 aliphatic carbocycles. The molecule has 6 bridgehead atoms. The van der Waals surface area contributed by atoms with Crippen LogP contribution >= 0.6 is 0 Å². The first-order valence-corrected chi connectivity index (χ1v) is 14.6. The summed E-state index contributed by atoms with van der Waals surface area (Å²) < 4.78 is 35.7. The molecule has 0 spiro atoms. The average Bonchev–Trinajstić information content (AvgIpc) is 3.03. The predicted octanol–water partition coefficient (Wildman–Crippen LogP) is 4.13. The zero-order chi connectivity index (χ0) is 27.9. The molecule has 2 aliphatic rings. The van der Waals surface area contributed by atoms with E-state index in [1.807, 2.05) is 32.0 Å². The van der Waals surface area contributed by atoms with E-state index in [-0.39, 0.29) is 34.1 Å². The Morgan fingerprint density at radius 2 is 1.72 bits per heavy atom. The van der Waals surface area contributed by atoms with Crippen molar-refractivity contribution >= 4 is 21.9 Å². The number of hydrogen-bond donors (Lipinski definition) is 1. The van der Waals surface area contributed by atoms with Crippen LogP contribution in [0, 0.1) is 19.3 Å². The van der Waals surface area contributed by atoms with Crippen molar-refractivity contribution in [3.8, 4) is 17.1 Å². The fourth-order valence-electron chi connectivity index (χ4n) is 5.32. The summed E-state index contributed by atoms with van der Waals surface area (Å²) in [7, 11) is -4.07. The summed E-state index contributed by atoms with van der Waals surface area (Å²) in [5.74, 6) is -0.0639. The predicted molar refractivity (Wildman–Crippen MR) is 150 cm³/mol. The minimum Gasteiger partial charge on any atom is -0.471 e. The van der Waals surface area contributed by atoms with Gasteiger partial charge in [0.05, 0.1) is 17.1 Å². The number of aryl methyl sites for hydroxylation is 2. The maximum atomic E-state index is 13.6. The molecule has 0 unspecified atom stereocenters. The van der Waals surface area contributed by atoms with Gasteiger partial charge in [-0.3, -0.25) is 9.69 Å². The SMILES string of the molecule is Cc1cccc(C)c1-c1cc2nc(n1)NS(=O)(=O)c1cccc(c1)C(=O)N1CCN(CC(C)(C)C)C[C@H](C1)O2. The summed E-state index contributed by atoms with van der Waals surface area (Å²) in [6, 6.07) is 13.8. The molecule has 1 fully saturated rings. The van der Waals surface area contributed by atoms with Crippen LogP contribution in [0.1, 0.15) is 42.3 Å². The number of nitrogens with one attached hydrogen (secondary N) is 1. The van der Waals surface area contributed by atoms with Crippen LogP contribution in [-0.2, 0) is 10.0 Å². The van der Waals surface area contributed by atoms with Gasteiger partial charge in [0.1, 0.15) is 6.10 Å². The maximum Gasteiger partial charge on any atom is 0.264 e. The lowest BCUT2D eigenvalue weighted by molar-refractivity contribution is 0.0688. The lowest BCUT2D eigenvalue weighted by Gasteiger charge is -2.30. The molecule has 0 radical (unpaired) electrons. The second kappa shape index (κ2) is 10.2. The Balaban J connectivity index is 1.65. The molecule has 2 aliphatic heterocycles. The summed E-state index contributed by atoms with van der Waals surface area (Å²) >= 11 is 0. The number of rotatable bonds is 2. The molecule has 1 saturated heterocycles. The van der Waals surface area contributed by atoms with Gasteiger partial charge in [-0.1, -0.05) is 45.0 Å². The third-order valence-corrected chi connectivity index (χ3v) is 8.23. The third-order valence-electron chi connectivity index (χ3n) is 6.90. The van der Waals surface area contributed by atoms with Gasteiger partial charge in [0.2, 0.25) is 11.8 Å². The molecule has 9 nitrogen and oxygen atoms in total. The van der Waals surface area contributed by atoms with E-state index in [1.54, 1.807) is 23.1 Å². The van der Waals surface area contributed by atoms with E-state index in [9.17, 15) is 13.2 Å². The fraction of sp³-hybridized carbons (Fsp3) is 0.414. The summed E-state index contributed by atoms with van der Waals surface area (Å²) in [5, 5.41) is 0. The summed E-state index contributed by atoms with van der Waals surface area (Å²) in [5.41, 5.74) is 3.83. The second-order valence-electron chi connectivity index (χ2n) is 11.6. The van der Waals surface area contributed by atoms with Crippen molar-refractivity contribution in [1.29, 1.82) is 0 Å². The highest BCUT2D eigenvalue weighted by atomic mass is 32.2. The lowest BCUT2D eigenvalue weighted by Crippen LogP contribution is -2.41. The Morgan fingerprint density at radius 3 is 2.44 bits per heavy atom. The molecular weight excluding hydrogens is 514 g/mol. The van der Waals surface area contributed by atoms with Gasteiger partial charge in [0.15, 0.2) is 0 Å². The Bertz CT molecular complexity index is 1500. The van der Waals surface area contributed by atoms with E-state index in [0.29, 0.717) is 37.4 Å². The van der Waals surface area contributed by atoms with Crippen LogP contribution in [0.3, 0.4) is 0 Å². The molecular formula is C29H35N5O4S. The first-order chi connectivity index (χ1) is 18.4. The fourth-order valence-corrected chi connectivity index (χ4v) is 6.31. The number of nitrogens with zero attached hydrogens (tertiary/aromatic N) is 4. The van der Waals surface area contributed by atoms with Crippen molar-refractivity contribution < 1.29 is 17.9 Å². The normalized spacial score (nSPS) is 19.6. The first-order valence-electron chi connectivity index (χ1n) is 13.1. The molecule has 3 heterocycles. The van der Waals surface area contributed by atoms with Gasteiger partial charge >= 0.3 is 0 Å². The number of sulfonamides is 1. The van der Waals surface area contributed by atoms with Crippen LogP contribution in [0.25, 0.3) is 11.3 Å². The molecule has 0 saturated carbocycles. The van der Waals surface area contributed by atoms with Crippen molar-refractivity contribution in [3.63, 3.8) is 0 Å². The number of fused-ring (bicyclic) bond motifs is 6. The molecule has 1 N–H and O–H groups in total. The van der Waals surface area contributed by atoms with Crippen molar-refractivity contribution in [1.82, 2.24) is 19.8 Å². The van der Waals surface area contributed by atoms with Crippen LogP contribution in [-0.4, -0.2) is 72.9 Å². The van der Waals surface area contributed by atoms with Gasteiger partial charge in [0.25, 0.3) is 15.9 Å². The monoisotopic (exact) mass is 549 g/mol. The highest BCUT2D eigenvalue weighted by molar-refractivity contribution is 7.92. The molecule has 1 atom stereocenters. The molecule has 5 rings (SSSR count). The van der Waals surface area contributed by atoms with Crippen molar-refractivity contribution in [2.75, 3.05) is 37.4 Å². The van der Waals surface area contributed by atoms with Gasteiger partial charge in [0, 0.05) is 43.4 Å². The number of benzene rings is 2. The Kier molecular flexibility index (Phi) is 7.11.